The minimum Gasteiger partial charge on any atom is -0.466 e. The molecule has 2 amide bonds. The Morgan fingerprint density at radius 2 is 1.15 bits per heavy atom. The lowest BCUT2D eigenvalue weighted by Crippen LogP contribution is -2.30. The van der Waals surface area contributed by atoms with Crippen molar-refractivity contribution in [2.75, 3.05) is 13.2 Å². The second-order valence-electron chi connectivity index (χ2n) is 9.97. The minimum atomic E-state index is -0.238. The van der Waals surface area contributed by atoms with Crippen LogP contribution in [0.15, 0.2) is 12.2 Å². The number of carbonyl (C=O) groups is 3. The molecular formula is C28H49NO4. The van der Waals surface area contributed by atoms with E-state index >= 15 is 0 Å². The van der Waals surface area contributed by atoms with Gasteiger partial charge >= 0.3 is 5.97 Å². The third-order valence-electron chi connectivity index (χ3n) is 6.35. The molecule has 5 heteroatoms. The summed E-state index contributed by atoms with van der Waals surface area (Å²) < 4.78 is 5.31. The van der Waals surface area contributed by atoms with E-state index in [2.05, 4.69) is 13.8 Å². The summed E-state index contributed by atoms with van der Waals surface area (Å²) in [5.74, 6) is 0.245. The molecule has 0 unspecified atom stereocenters. The van der Waals surface area contributed by atoms with Crippen molar-refractivity contribution in [1.82, 2.24) is 4.90 Å². The molecule has 0 aromatic carbocycles. The standard InChI is InChI=1S/C28H49NO4/c1-25(2)19-15-12-10-8-6-4-3-5-7-9-11-13-18-24-33-28(32)20-16-14-17-23-29-26(30)21-22-27(29)31/h21-22,25H,3-20,23-24H2,1-2H3. The van der Waals surface area contributed by atoms with E-state index in [1.807, 2.05) is 0 Å². The Balaban J connectivity index is 1.75. The smallest absolute Gasteiger partial charge is 0.305 e. The van der Waals surface area contributed by atoms with Gasteiger partial charge in [0.05, 0.1) is 6.61 Å². The fourth-order valence-electron chi connectivity index (χ4n) is 4.22. The maximum absolute atomic E-state index is 11.8. The predicted octanol–water partition coefficient (Wildman–Crippen LogP) is 7.13. The van der Waals surface area contributed by atoms with Crippen LogP contribution in [0.2, 0.25) is 0 Å². The molecule has 0 radical (unpaired) electrons. The Bertz CT molecular complexity index is 552. The third kappa shape index (κ3) is 16.6. The highest BCUT2D eigenvalue weighted by molar-refractivity contribution is 6.12. The van der Waals surface area contributed by atoms with Crippen molar-refractivity contribution in [2.45, 2.75) is 129 Å². The number of rotatable bonds is 22. The SMILES string of the molecule is CC(C)CCCCCCCCCCCCCCCOC(=O)CCCCCN1C(=O)C=CC1=O. The lowest BCUT2D eigenvalue weighted by Gasteiger charge is -2.12. The Morgan fingerprint density at radius 1 is 0.697 bits per heavy atom. The molecule has 0 saturated carbocycles. The summed E-state index contributed by atoms with van der Waals surface area (Å²) in [5.41, 5.74) is 0. The first-order chi connectivity index (χ1) is 16.0. The Kier molecular flexibility index (Phi) is 17.6. The van der Waals surface area contributed by atoms with Crippen LogP contribution in [0.5, 0.6) is 0 Å². The summed E-state index contributed by atoms with van der Waals surface area (Å²) in [5, 5.41) is 0. The molecule has 190 valence electrons. The monoisotopic (exact) mass is 463 g/mol. The summed E-state index contributed by atoms with van der Waals surface area (Å²) in [4.78, 5) is 35.9. The summed E-state index contributed by atoms with van der Waals surface area (Å²) >= 11 is 0. The van der Waals surface area contributed by atoms with Crippen molar-refractivity contribution < 1.29 is 19.1 Å². The lowest BCUT2D eigenvalue weighted by molar-refractivity contribution is -0.144. The summed E-state index contributed by atoms with van der Waals surface area (Å²) in [6.45, 7) is 5.58. The molecular weight excluding hydrogens is 414 g/mol. The van der Waals surface area contributed by atoms with E-state index in [1.54, 1.807) is 0 Å². The van der Waals surface area contributed by atoms with Crippen molar-refractivity contribution >= 4 is 17.8 Å². The largest absolute Gasteiger partial charge is 0.466 e. The quantitative estimate of drug-likeness (QED) is 0.0973. The molecule has 0 bridgehead atoms. The zero-order chi connectivity index (χ0) is 24.2. The van der Waals surface area contributed by atoms with Gasteiger partial charge in [-0.25, -0.2) is 0 Å². The first kappa shape index (κ1) is 29.4. The average molecular weight is 464 g/mol. The van der Waals surface area contributed by atoms with Crippen LogP contribution in [0.3, 0.4) is 0 Å². The van der Waals surface area contributed by atoms with Gasteiger partial charge in [0, 0.05) is 25.1 Å². The van der Waals surface area contributed by atoms with Crippen LogP contribution in [0.25, 0.3) is 0 Å². The maximum Gasteiger partial charge on any atom is 0.305 e. The van der Waals surface area contributed by atoms with Gasteiger partial charge in [-0.1, -0.05) is 104 Å². The van der Waals surface area contributed by atoms with Crippen molar-refractivity contribution in [3.63, 3.8) is 0 Å². The number of unbranched alkanes of at least 4 members (excludes halogenated alkanes) is 14. The van der Waals surface area contributed by atoms with Crippen LogP contribution in [-0.4, -0.2) is 35.8 Å². The van der Waals surface area contributed by atoms with Crippen LogP contribution in [0.1, 0.15) is 129 Å². The molecule has 1 aliphatic rings. The average Bonchev–Trinajstić information content (AvgIpc) is 3.10. The van der Waals surface area contributed by atoms with E-state index in [1.165, 1.54) is 94.1 Å². The fourth-order valence-corrected chi connectivity index (χ4v) is 4.22. The molecule has 33 heavy (non-hydrogen) atoms. The molecule has 0 spiro atoms. The highest BCUT2D eigenvalue weighted by atomic mass is 16.5. The zero-order valence-electron chi connectivity index (χ0n) is 21.5. The third-order valence-corrected chi connectivity index (χ3v) is 6.35. The Morgan fingerprint density at radius 3 is 1.67 bits per heavy atom. The van der Waals surface area contributed by atoms with Crippen molar-refractivity contribution in [3.8, 4) is 0 Å². The zero-order valence-corrected chi connectivity index (χ0v) is 21.5. The van der Waals surface area contributed by atoms with Crippen LogP contribution in [0.4, 0.5) is 0 Å². The van der Waals surface area contributed by atoms with Crippen LogP contribution in [0, 0.1) is 5.92 Å². The second-order valence-corrected chi connectivity index (χ2v) is 9.97. The molecule has 1 heterocycles. The van der Waals surface area contributed by atoms with E-state index in [0.717, 1.165) is 38.0 Å². The van der Waals surface area contributed by atoms with E-state index in [9.17, 15) is 14.4 Å². The number of hydrogen-bond donors (Lipinski definition) is 0. The number of carbonyl (C=O) groups excluding carboxylic acids is 3. The molecule has 5 nitrogen and oxygen atoms in total. The van der Waals surface area contributed by atoms with Crippen LogP contribution in [-0.2, 0) is 19.1 Å². The summed E-state index contributed by atoms with van der Waals surface area (Å²) in [6.07, 6.45) is 23.8. The number of imide groups is 1. The van der Waals surface area contributed by atoms with Crippen molar-refractivity contribution in [1.29, 1.82) is 0 Å². The van der Waals surface area contributed by atoms with E-state index in [4.69, 9.17) is 4.74 Å². The lowest BCUT2D eigenvalue weighted by atomic mass is 10.0. The Hall–Kier alpha value is -1.65. The van der Waals surface area contributed by atoms with E-state index in [-0.39, 0.29) is 17.8 Å². The van der Waals surface area contributed by atoms with Gasteiger partial charge in [-0.3, -0.25) is 19.3 Å². The van der Waals surface area contributed by atoms with Gasteiger partial charge in [-0.2, -0.15) is 0 Å². The molecule has 0 fully saturated rings. The second kappa shape index (κ2) is 19.8. The molecule has 0 N–H and O–H groups in total. The predicted molar refractivity (Wildman–Crippen MR) is 135 cm³/mol. The molecule has 0 aromatic heterocycles. The number of esters is 1. The molecule has 0 aromatic rings. The maximum atomic E-state index is 11.8. The first-order valence-corrected chi connectivity index (χ1v) is 13.7. The highest BCUT2D eigenvalue weighted by Crippen LogP contribution is 2.14. The first-order valence-electron chi connectivity index (χ1n) is 13.7. The molecule has 1 aliphatic heterocycles. The minimum absolute atomic E-state index is 0.134. The summed E-state index contributed by atoms with van der Waals surface area (Å²) in [6, 6.07) is 0. The number of amides is 2. The normalized spacial score (nSPS) is 13.5. The van der Waals surface area contributed by atoms with Crippen molar-refractivity contribution in [2.24, 2.45) is 5.92 Å². The number of nitrogens with zero attached hydrogens (tertiary/aromatic N) is 1. The fraction of sp³-hybridized carbons (Fsp3) is 0.821. The van der Waals surface area contributed by atoms with Gasteiger partial charge in [0.1, 0.15) is 0 Å². The Labute approximate surface area is 202 Å². The molecule has 0 saturated heterocycles. The van der Waals surface area contributed by atoms with E-state index in [0.29, 0.717) is 19.6 Å². The highest BCUT2D eigenvalue weighted by Gasteiger charge is 2.22. The van der Waals surface area contributed by atoms with Gasteiger partial charge in [0.15, 0.2) is 0 Å². The topological polar surface area (TPSA) is 63.7 Å². The number of ether oxygens (including phenoxy) is 1. The summed E-state index contributed by atoms with van der Waals surface area (Å²) in [7, 11) is 0. The van der Waals surface area contributed by atoms with Crippen molar-refractivity contribution in [3.05, 3.63) is 12.2 Å². The molecule has 0 aliphatic carbocycles. The van der Waals surface area contributed by atoms with Gasteiger partial charge in [0.2, 0.25) is 0 Å². The molecule has 0 atom stereocenters. The van der Waals surface area contributed by atoms with Crippen LogP contribution < -0.4 is 0 Å². The van der Waals surface area contributed by atoms with Crippen LogP contribution >= 0.6 is 0 Å². The molecule has 1 rings (SSSR count). The van der Waals surface area contributed by atoms with Gasteiger partial charge in [-0.15, -0.1) is 0 Å². The van der Waals surface area contributed by atoms with E-state index < -0.39 is 0 Å². The van der Waals surface area contributed by atoms with Gasteiger partial charge in [0.25, 0.3) is 11.8 Å². The van der Waals surface area contributed by atoms with Gasteiger partial charge < -0.3 is 4.74 Å². The number of hydrogen-bond acceptors (Lipinski definition) is 4. The van der Waals surface area contributed by atoms with Gasteiger partial charge in [-0.05, 0) is 25.2 Å².